The minimum absolute atomic E-state index is 0.0126. The Morgan fingerprint density at radius 2 is 1.84 bits per heavy atom. The van der Waals surface area contributed by atoms with Crippen LogP contribution < -0.4 is 4.72 Å². The number of anilines is 1. The zero-order chi connectivity index (χ0) is 13.7. The van der Waals surface area contributed by atoms with Crippen LogP contribution in [0.2, 0.25) is 5.15 Å². The van der Waals surface area contributed by atoms with Gasteiger partial charge in [0.1, 0.15) is 5.15 Å². The van der Waals surface area contributed by atoms with Crippen LogP contribution >= 0.6 is 11.6 Å². The van der Waals surface area contributed by atoms with Crippen molar-refractivity contribution < 1.29 is 8.42 Å². The molecule has 0 unspecified atom stereocenters. The molecule has 0 atom stereocenters. The molecule has 1 heterocycles. The summed E-state index contributed by atoms with van der Waals surface area (Å²) in [5.74, 6) is 0.152. The number of nitrogens with zero attached hydrogens (tertiary/aromatic N) is 2. The average molecular weight is 298 g/mol. The molecule has 2 aromatic rings. The Morgan fingerprint density at radius 1 is 1.11 bits per heavy atom. The molecule has 5 nitrogen and oxygen atoms in total. The Balaban J connectivity index is 1.97. The number of aromatic nitrogens is 2. The molecule has 1 N–H and O–H groups in total. The number of hydrogen-bond donors (Lipinski definition) is 1. The van der Waals surface area contributed by atoms with Crippen LogP contribution in [0.15, 0.2) is 42.7 Å². The number of halogens is 1. The summed E-state index contributed by atoms with van der Waals surface area (Å²) in [6, 6.07) is 9.41. The van der Waals surface area contributed by atoms with Crippen molar-refractivity contribution in [3.8, 4) is 0 Å². The standard InChI is InChI=1S/C12H12ClN3O2S/c13-11-8-15-12(9-14-11)16-19(17,18)7-6-10-4-2-1-3-5-10/h1-5,8-9H,6-7H2,(H,15,16). The summed E-state index contributed by atoms with van der Waals surface area (Å²) >= 11 is 5.57. The van der Waals surface area contributed by atoms with E-state index in [-0.39, 0.29) is 16.7 Å². The van der Waals surface area contributed by atoms with Crippen molar-refractivity contribution in [2.75, 3.05) is 10.5 Å². The number of aryl methyl sites for hydroxylation is 1. The quantitative estimate of drug-likeness (QED) is 0.917. The number of rotatable bonds is 5. The third kappa shape index (κ3) is 4.50. The highest BCUT2D eigenvalue weighted by Crippen LogP contribution is 2.08. The first-order valence-electron chi connectivity index (χ1n) is 5.57. The van der Waals surface area contributed by atoms with E-state index in [1.165, 1.54) is 12.4 Å². The highest BCUT2D eigenvalue weighted by molar-refractivity contribution is 7.92. The van der Waals surface area contributed by atoms with Crippen molar-refractivity contribution >= 4 is 27.4 Å². The first-order chi connectivity index (χ1) is 9.05. The van der Waals surface area contributed by atoms with E-state index in [4.69, 9.17) is 11.6 Å². The van der Waals surface area contributed by atoms with E-state index < -0.39 is 10.0 Å². The molecule has 7 heteroatoms. The van der Waals surface area contributed by atoms with Gasteiger partial charge < -0.3 is 0 Å². The van der Waals surface area contributed by atoms with Crippen LogP contribution in [-0.2, 0) is 16.4 Å². The fraction of sp³-hybridized carbons (Fsp3) is 0.167. The van der Waals surface area contributed by atoms with Crippen molar-refractivity contribution in [3.63, 3.8) is 0 Å². The van der Waals surface area contributed by atoms with Gasteiger partial charge in [-0.25, -0.2) is 18.4 Å². The number of hydrogen-bond acceptors (Lipinski definition) is 4. The second-order valence-corrected chi connectivity index (χ2v) is 6.11. The molecule has 2 rings (SSSR count). The minimum Gasteiger partial charge on any atom is -0.266 e. The van der Waals surface area contributed by atoms with Gasteiger partial charge in [-0.05, 0) is 12.0 Å². The Labute approximate surface area is 116 Å². The Bertz CT molecular complexity index is 630. The maximum absolute atomic E-state index is 11.8. The van der Waals surface area contributed by atoms with Gasteiger partial charge in [0.05, 0.1) is 18.1 Å². The van der Waals surface area contributed by atoms with E-state index >= 15 is 0 Å². The molecule has 0 aliphatic carbocycles. The Hall–Kier alpha value is -1.66. The molecule has 0 amide bonds. The van der Waals surface area contributed by atoms with Gasteiger partial charge in [0.25, 0.3) is 0 Å². The van der Waals surface area contributed by atoms with Crippen LogP contribution in [0.4, 0.5) is 5.82 Å². The van der Waals surface area contributed by atoms with Gasteiger partial charge >= 0.3 is 0 Å². The van der Waals surface area contributed by atoms with Crippen LogP contribution in [0.1, 0.15) is 5.56 Å². The molecule has 1 aromatic heterocycles. The van der Waals surface area contributed by atoms with E-state index in [0.717, 1.165) is 5.56 Å². The summed E-state index contributed by atoms with van der Waals surface area (Å²) < 4.78 is 26.0. The molecule has 0 aliphatic heterocycles. The third-order valence-corrected chi connectivity index (χ3v) is 3.84. The molecule has 0 saturated heterocycles. The van der Waals surface area contributed by atoms with Crippen LogP contribution in [0, 0.1) is 0 Å². The van der Waals surface area contributed by atoms with E-state index in [9.17, 15) is 8.42 Å². The molecule has 1 aromatic carbocycles. The van der Waals surface area contributed by atoms with Gasteiger partial charge in [0.2, 0.25) is 10.0 Å². The predicted octanol–water partition coefficient (Wildman–Crippen LogP) is 2.11. The molecular formula is C12H12ClN3O2S. The summed E-state index contributed by atoms with van der Waals surface area (Å²) in [5, 5.41) is 0.215. The second kappa shape index (κ2) is 5.99. The third-order valence-electron chi connectivity index (χ3n) is 2.38. The summed E-state index contributed by atoms with van der Waals surface area (Å²) in [4.78, 5) is 7.59. The number of sulfonamides is 1. The fourth-order valence-corrected chi connectivity index (χ4v) is 2.60. The number of benzene rings is 1. The molecule has 0 spiro atoms. The second-order valence-electron chi connectivity index (χ2n) is 3.88. The van der Waals surface area contributed by atoms with Crippen molar-refractivity contribution in [2.24, 2.45) is 0 Å². The molecular weight excluding hydrogens is 286 g/mol. The van der Waals surface area contributed by atoms with Crippen molar-refractivity contribution in [3.05, 3.63) is 53.4 Å². The lowest BCUT2D eigenvalue weighted by Gasteiger charge is -2.06. The smallest absolute Gasteiger partial charge is 0.234 e. The van der Waals surface area contributed by atoms with Gasteiger partial charge in [-0.2, -0.15) is 0 Å². The molecule has 0 aliphatic rings. The summed E-state index contributed by atoms with van der Waals surface area (Å²) in [5.41, 5.74) is 0.968. The van der Waals surface area contributed by atoms with Gasteiger partial charge in [0, 0.05) is 0 Å². The number of nitrogens with one attached hydrogen (secondary N) is 1. The summed E-state index contributed by atoms with van der Waals surface area (Å²) in [6.07, 6.45) is 3.01. The van der Waals surface area contributed by atoms with Gasteiger partial charge in [0.15, 0.2) is 5.82 Å². The zero-order valence-corrected chi connectivity index (χ0v) is 11.5. The molecule has 100 valence electrons. The lowest BCUT2D eigenvalue weighted by Crippen LogP contribution is -2.19. The Morgan fingerprint density at radius 3 is 2.47 bits per heavy atom. The molecule has 0 radical (unpaired) electrons. The van der Waals surface area contributed by atoms with Crippen molar-refractivity contribution in [1.29, 1.82) is 0 Å². The predicted molar refractivity (Wildman–Crippen MR) is 74.6 cm³/mol. The summed E-state index contributed by atoms with van der Waals surface area (Å²) in [7, 11) is -3.44. The van der Waals surface area contributed by atoms with Crippen molar-refractivity contribution in [1.82, 2.24) is 9.97 Å². The van der Waals surface area contributed by atoms with E-state index in [1.54, 1.807) is 0 Å². The summed E-state index contributed by atoms with van der Waals surface area (Å²) in [6.45, 7) is 0. The first-order valence-corrected chi connectivity index (χ1v) is 7.60. The van der Waals surface area contributed by atoms with Gasteiger partial charge in [-0.15, -0.1) is 0 Å². The monoisotopic (exact) mass is 297 g/mol. The average Bonchev–Trinajstić information content (AvgIpc) is 2.40. The maximum atomic E-state index is 11.8. The highest BCUT2D eigenvalue weighted by atomic mass is 35.5. The van der Waals surface area contributed by atoms with Gasteiger partial charge in [-0.1, -0.05) is 41.9 Å². The Kier molecular flexibility index (Phi) is 4.34. The minimum atomic E-state index is -3.44. The van der Waals surface area contributed by atoms with Crippen LogP contribution in [0.5, 0.6) is 0 Å². The highest BCUT2D eigenvalue weighted by Gasteiger charge is 2.11. The lowest BCUT2D eigenvalue weighted by molar-refractivity contribution is 0.600. The van der Waals surface area contributed by atoms with Gasteiger partial charge in [-0.3, -0.25) is 4.72 Å². The van der Waals surface area contributed by atoms with E-state index in [0.29, 0.717) is 6.42 Å². The van der Waals surface area contributed by atoms with Crippen LogP contribution in [-0.4, -0.2) is 24.1 Å². The van der Waals surface area contributed by atoms with Crippen molar-refractivity contribution in [2.45, 2.75) is 6.42 Å². The topological polar surface area (TPSA) is 72.0 Å². The lowest BCUT2D eigenvalue weighted by atomic mass is 10.2. The molecule has 0 fully saturated rings. The fourth-order valence-electron chi connectivity index (χ4n) is 1.47. The first kappa shape index (κ1) is 13.8. The maximum Gasteiger partial charge on any atom is 0.234 e. The van der Waals surface area contributed by atoms with Crippen LogP contribution in [0.3, 0.4) is 0 Å². The van der Waals surface area contributed by atoms with E-state index in [1.807, 2.05) is 30.3 Å². The SMILES string of the molecule is O=S(=O)(CCc1ccccc1)Nc1cnc(Cl)cn1. The normalized spacial score (nSPS) is 11.2. The van der Waals surface area contributed by atoms with Crippen LogP contribution in [0.25, 0.3) is 0 Å². The molecule has 0 bridgehead atoms. The largest absolute Gasteiger partial charge is 0.266 e. The zero-order valence-electron chi connectivity index (χ0n) is 9.95. The molecule has 0 saturated carbocycles. The van der Waals surface area contributed by atoms with E-state index in [2.05, 4.69) is 14.7 Å². The molecule has 19 heavy (non-hydrogen) atoms.